The minimum absolute atomic E-state index is 0.233. The van der Waals surface area contributed by atoms with E-state index in [9.17, 15) is 4.39 Å². The monoisotopic (exact) mass is 296 g/mol. The second kappa shape index (κ2) is 6.22. The SMILES string of the molecule is CC1=C(CCON)c2cc(F)ccc2/C1=C\c1ccncc1. The summed E-state index contributed by atoms with van der Waals surface area (Å²) in [7, 11) is 0. The summed E-state index contributed by atoms with van der Waals surface area (Å²) in [4.78, 5) is 8.72. The van der Waals surface area contributed by atoms with Crippen molar-refractivity contribution in [1.82, 2.24) is 4.98 Å². The molecule has 1 heterocycles. The third-order valence-electron chi connectivity index (χ3n) is 3.94. The lowest BCUT2D eigenvalue weighted by molar-refractivity contribution is 0.144. The molecule has 0 radical (unpaired) electrons. The Labute approximate surface area is 128 Å². The Kier molecular flexibility index (Phi) is 4.13. The van der Waals surface area contributed by atoms with Gasteiger partial charge in [0.15, 0.2) is 0 Å². The van der Waals surface area contributed by atoms with Crippen LogP contribution in [-0.4, -0.2) is 11.6 Å². The zero-order chi connectivity index (χ0) is 15.5. The first-order valence-corrected chi connectivity index (χ1v) is 7.14. The van der Waals surface area contributed by atoms with Gasteiger partial charge in [-0.15, -0.1) is 0 Å². The molecule has 0 atom stereocenters. The normalized spacial score (nSPS) is 15.5. The summed E-state index contributed by atoms with van der Waals surface area (Å²) in [6.45, 7) is 2.46. The lowest BCUT2D eigenvalue weighted by Crippen LogP contribution is -2.01. The van der Waals surface area contributed by atoms with Gasteiger partial charge in [0.25, 0.3) is 0 Å². The van der Waals surface area contributed by atoms with Gasteiger partial charge < -0.3 is 4.84 Å². The molecule has 2 N–H and O–H groups in total. The van der Waals surface area contributed by atoms with E-state index in [2.05, 4.69) is 18.0 Å². The number of halogens is 1. The molecule has 0 bridgehead atoms. The van der Waals surface area contributed by atoms with Crippen molar-refractivity contribution in [3.05, 3.63) is 70.8 Å². The molecule has 0 fully saturated rings. The van der Waals surface area contributed by atoms with Crippen molar-refractivity contribution in [3.63, 3.8) is 0 Å². The van der Waals surface area contributed by atoms with Crippen LogP contribution >= 0.6 is 0 Å². The highest BCUT2D eigenvalue weighted by atomic mass is 19.1. The van der Waals surface area contributed by atoms with Gasteiger partial charge >= 0.3 is 0 Å². The number of fused-ring (bicyclic) bond motifs is 1. The molecular formula is C18H17FN2O. The smallest absolute Gasteiger partial charge is 0.123 e. The Morgan fingerprint density at radius 2 is 1.95 bits per heavy atom. The van der Waals surface area contributed by atoms with Crippen LogP contribution in [0.2, 0.25) is 0 Å². The summed E-state index contributed by atoms with van der Waals surface area (Å²) in [6.07, 6.45) is 6.28. The standard InChI is InChI=1S/C18H17FN2O/c1-12-15(6-9-22-20)18-11-14(19)2-3-16(18)17(12)10-13-4-7-21-8-5-13/h2-5,7-8,10-11H,6,9,20H2,1H3/b17-10-. The molecular weight excluding hydrogens is 279 g/mol. The summed E-state index contributed by atoms with van der Waals surface area (Å²) in [5.74, 6) is 4.91. The van der Waals surface area contributed by atoms with Gasteiger partial charge in [-0.05, 0) is 77.1 Å². The highest BCUT2D eigenvalue weighted by Crippen LogP contribution is 2.43. The van der Waals surface area contributed by atoms with Crippen molar-refractivity contribution in [2.24, 2.45) is 5.90 Å². The average molecular weight is 296 g/mol. The number of allylic oxidation sites excluding steroid dienone is 2. The number of hydrogen-bond acceptors (Lipinski definition) is 3. The lowest BCUT2D eigenvalue weighted by atomic mass is 10.0. The van der Waals surface area contributed by atoms with E-state index in [-0.39, 0.29) is 5.82 Å². The molecule has 1 aliphatic rings. The van der Waals surface area contributed by atoms with E-state index in [1.54, 1.807) is 18.5 Å². The minimum Gasteiger partial charge on any atom is -0.304 e. The van der Waals surface area contributed by atoms with E-state index in [4.69, 9.17) is 10.7 Å². The first-order valence-electron chi connectivity index (χ1n) is 7.14. The molecule has 0 amide bonds. The number of pyridine rings is 1. The molecule has 0 saturated heterocycles. The van der Waals surface area contributed by atoms with Crippen molar-refractivity contribution < 1.29 is 9.23 Å². The fourth-order valence-corrected chi connectivity index (χ4v) is 2.86. The van der Waals surface area contributed by atoms with Crippen molar-refractivity contribution in [2.75, 3.05) is 6.61 Å². The zero-order valence-electron chi connectivity index (χ0n) is 12.3. The van der Waals surface area contributed by atoms with E-state index in [0.717, 1.165) is 33.4 Å². The molecule has 0 unspecified atom stereocenters. The predicted octanol–water partition coefficient (Wildman–Crippen LogP) is 3.83. The number of rotatable bonds is 4. The van der Waals surface area contributed by atoms with Crippen LogP contribution in [0.1, 0.15) is 30.0 Å². The van der Waals surface area contributed by atoms with E-state index in [0.29, 0.717) is 13.0 Å². The molecule has 3 nitrogen and oxygen atoms in total. The Balaban J connectivity index is 2.11. The third-order valence-corrected chi connectivity index (χ3v) is 3.94. The largest absolute Gasteiger partial charge is 0.304 e. The van der Waals surface area contributed by atoms with Gasteiger partial charge in [0.2, 0.25) is 0 Å². The van der Waals surface area contributed by atoms with E-state index >= 15 is 0 Å². The second-order valence-electron chi connectivity index (χ2n) is 5.25. The molecule has 22 heavy (non-hydrogen) atoms. The molecule has 0 spiro atoms. The molecule has 0 saturated carbocycles. The molecule has 1 aromatic heterocycles. The van der Waals surface area contributed by atoms with Crippen LogP contribution in [0.15, 0.2) is 48.3 Å². The van der Waals surface area contributed by atoms with Crippen LogP contribution in [0.5, 0.6) is 0 Å². The molecule has 1 aromatic carbocycles. The van der Waals surface area contributed by atoms with Crippen molar-refractivity contribution >= 4 is 17.2 Å². The maximum absolute atomic E-state index is 13.6. The van der Waals surface area contributed by atoms with Gasteiger partial charge in [0.1, 0.15) is 5.82 Å². The number of nitrogens with two attached hydrogens (primary N) is 1. The third kappa shape index (κ3) is 2.71. The number of hydrogen-bond donors (Lipinski definition) is 1. The van der Waals surface area contributed by atoms with Crippen LogP contribution in [0.3, 0.4) is 0 Å². The van der Waals surface area contributed by atoms with Gasteiger partial charge in [0, 0.05) is 12.4 Å². The van der Waals surface area contributed by atoms with E-state index in [1.165, 1.54) is 6.07 Å². The molecule has 112 valence electrons. The summed E-state index contributed by atoms with van der Waals surface area (Å²) in [5, 5.41) is 0. The maximum atomic E-state index is 13.6. The van der Waals surface area contributed by atoms with Crippen LogP contribution in [0.4, 0.5) is 4.39 Å². The Morgan fingerprint density at radius 3 is 2.68 bits per heavy atom. The maximum Gasteiger partial charge on any atom is 0.123 e. The molecule has 4 heteroatoms. The minimum atomic E-state index is -0.233. The Morgan fingerprint density at radius 1 is 1.18 bits per heavy atom. The quantitative estimate of drug-likeness (QED) is 0.872. The number of benzene rings is 1. The van der Waals surface area contributed by atoms with Crippen molar-refractivity contribution in [1.29, 1.82) is 0 Å². The fraction of sp³-hybridized carbons (Fsp3) is 0.167. The Hall–Kier alpha value is -2.30. The van der Waals surface area contributed by atoms with E-state index in [1.807, 2.05) is 18.2 Å². The van der Waals surface area contributed by atoms with Crippen LogP contribution in [0, 0.1) is 5.82 Å². The summed E-state index contributed by atoms with van der Waals surface area (Å²) in [5.41, 5.74) is 6.36. The summed E-state index contributed by atoms with van der Waals surface area (Å²) in [6, 6.07) is 8.80. The van der Waals surface area contributed by atoms with Gasteiger partial charge in [-0.3, -0.25) is 4.98 Å². The first-order chi connectivity index (χ1) is 10.7. The predicted molar refractivity (Wildman–Crippen MR) is 85.9 cm³/mol. The van der Waals surface area contributed by atoms with Gasteiger partial charge in [0.05, 0.1) is 6.61 Å². The topological polar surface area (TPSA) is 48.1 Å². The first kappa shape index (κ1) is 14.6. The molecule has 0 aliphatic heterocycles. The summed E-state index contributed by atoms with van der Waals surface area (Å²) < 4.78 is 13.6. The molecule has 3 rings (SSSR count). The van der Waals surface area contributed by atoms with E-state index < -0.39 is 0 Å². The van der Waals surface area contributed by atoms with Gasteiger partial charge in [-0.1, -0.05) is 6.07 Å². The molecule has 2 aromatic rings. The van der Waals surface area contributed by atoms with Crippen molar-refractivity contribution in [2.45, 2.75) is 13.3 Å². The average Bonchev–Trinajstić information content (AvgIpc) is 2.78. The van der Waals surface area contributed by atoms with Crippen LogP contribution < -0.4 is 5.90 Å². The number of aromatic nitrogens is 1. The Bertz CT molecular complexity index is 751. The van der Waals surface area contributed by atoms with Crippen LogP contribution in [-0.2, 0) is 4.84 Å². The van der Waals surface area contributed by atoms with Gasteiger partial charge in [-0.25, -0.2) is 10.3 Å². The van der Waals surface area contributed by atoms with Crippen LogP contribution in [0.25, 0.3) is 17.2 Å². The lowest BCUT2D eigenvalue weighted by Gasteiger charge is -2.05. The summed E-state index contributed by atoms with van der Waals surface area (Å²) >= 11 is 0. The van der Waals surface area contributed by atoms with Gasteiger partial charge in [-0.2, -0.15) is 0 Å². The highest BCUT2D eigenvalue weighted by molar-refractivity contribution is 6.05. The number of nitrogens with zero attached hydrogens (tertiary/aromatic N) is 1. The second-order valence-corrected chi connectivity index (χ2v) is 5.25. The van der Waals surface area contributed by atoms with Crippen molar-refractivity contribution in [3.8, 4) is 0 Å². The zero-order valence-corrected chi connectivity index (χ0v) is 12.3. The molecule has 1 aliphatic carbocycles. The highest BCUT2D eigenvalue weighted by Gasteiger charge is 2.23. The fourth-order valence-electron chi connectivity index (χ4n) is 2.86.